The molecule has 2 aromatic rings. The number of hydrogen-bond donors (Lipinski definition) is 1. The van der Waals surface area contributed by atoms with Gasteiger partial charge in [0.25, 0.3) is 10.0 Å². The Balaban J connectivity index is 1.74. The molecular weight excluding hydrogens is 350 g/mol. The Labute approximate surface area is 153 Å². The predicted molar refractivity (Wildman–Crippen MR) is 102 cm³/mol. The van der Waals surface area contributed by atoms with Gasteiger partial charge >= 0.3 is 0 Å². The van der Waals surface area contributed by atoms with Crippen LogP contribution in [0.1, 0.15) is 30.9 Å². The number of sulfonamides is 1. The van der Waals surface area contributed by atoms with Crippen molar-refractivity contribution in [1.29, 1.82) is 0 Å². The molecule has 3 rings (SSSR count). The molecular formula is C19H21N3O3S. The van der Waals surface area contributed by atoms with Crippen LogP contribution in [-0.2, 0) is 14.8 Å². The molecule has 1 amide bonds. The molecule has 0 radical (unpaired) electrons. The number of carbonyl (C=O) groups is 1. The molecule has 0 aromatic heterocycles. The maximum absolute atomic E-state index is 12.4. The van der Waals surface area contributed by atoms with Crippen LogP contribution in [0.4, 0.5) is 5.69 Å². The first kappa shape index (κ1) is 18.1. The molecule has 0 atom stereocenters. The summed E-state index contributed by atoms with van der Waals surface area (Å²) < 4.78 is 28.1. The van der Waals surface area contributed by atoms with Crippen LogP contribution in [0.3, 0.4) is 0 Å². The highest BCUT2D eigenvalue weighted by Crippen LogP contribution is 2.27. The lowest BCUT2D eigenvalue weighted by atomic mass is 10.0. The summed E-state index contributed by atoms with van der Waals surface area (Å²) in [7, 11) is -2.04. The van der Waals surface area contributed by atoms with E-state index in [4.69, 9.17) is 0 Å². The number of fused-ring (bicyclic) bond motifs is 1. The van der Waals surface area contributed by atoms with Gasteiger partial charge in [0.15, 0.2) is 5.84 Å². The van der Waals surface area contributed by atoms with E-state index in [9.17, 15) is 13.2 Å². The molecule has 1 aliphatic rings. The maximum Gasteiger partial charge on any atom is 0.285 e. The number of amidine groups is 1. The van der Waals surface area contributed by atoms with Crippen molar-refractivity contribution in [3.05, 3.63) is 59.7 Å². The smallest absolute Gasteiger partial charge is 0.285 e. The second kappa shape index (κ2) is 6.92. The van der Waals surface area contributed by atoms with Crippen molar-refractivity contribution >= 4 is 27.5 Å². The van der Waals surface area contributed by atoms with Crippen molar-refractivity contribution in [3.8, 4) is 0 Å². The summed E-state index contributed by atoms with van der Waals surface area (Å²) in [6.45, 7) is 4.17. The minimum Gasteiger partial charge on any atom is -0.349 e. The zero-order chi connectivity index (χ0) is 18.9. The molecule has 0 fully saturated rings. The molecule has 0 aliphatic carbocycles. The van der Waals surface area contributed by atoms with E-state index in [1.54, 1.807) is 30.1 Å². The second-order valence-electron chi connectivity index (χ2n) is 6.57. The molecule has 1 N–H and O–H groups in total. The number of benzene rings is 2. The first-order valence-electron chi connectivity index (χ1n) is 8.33. The van der Waals surface area contributed by atoms with Crippen LogP contribution in [0.15, 0.2) is 57.8 Å². The monoisotopic (exact) mass is 371 g/mol. The quantitative estimate of drug-likeness (QED) is 0.896. The molecule has 7 heteroatoms. The Bertz CT molecular complexity index is 981. The Kier molecular flexibility index (Phi) is 4.82. The largest absolute Gasteiger partial charge is 0.349 e. The van der Waals surface area contributed by atoms with Crippen molar-refractivity contribution in [1.82, 2.24) is 4.90 Å². The summed E-state index contributed by atoms with van der Waals surface area (Å²) in [5.41, 5.74) is 2.37. The highest BCUT2D eigenvalue weighted by molar-refractivity contribution is 7.90. The lowest BCUT2D eigenvalue weighted by Crippen LogP contribution is -2.34. The number of anilines is 1. The van der Waals surface area contributed by atoms with E-state index in [1.807, 2.05) is 24.3 Å². The lowest BCUT2D eigenvalue weighted by molar-refractivity contribution is -0.116. The molecule has 6 nitrogen and oxygen atoms in total. The van der Waals surface area contributed by atoms with Crippen molar-refractivity contribution < 1.29 is 13.2 Å². The third kappa shape index (κ3) is 3.62. The van der Waals surface area contributed by atoms with Crippen LogP contribution in [0.5, 0.6) is 0 Å². The molecule has 136 valence electrons. The predicted octanol–water partition coefficient (Wildman–Crippen LogP) is 2.83. The van der Waals surface area contributed by atoms with E-state index in [1.165, 1.54) is 6.07 Å². The molecule has 1 aliphatic heterocycles. The van der Waals surface area contributed by atoms with Crippen LogP contribution in [-0.4, -0.2) is 38.7 Å². The molecule has 0 saturated carbocycles. The Morgan fingerprint density at radius 2 is 1.88 bits per heavy atom. The van der Waals surface area contributed by atoms with Gasteiger partial charge in [0.2, 0.25) is 5.91 Å². The summed E-state index contributed by atoms with van der Waals surface area (Å²) in [6.07, 6.45) is 0. The topological polar surface area (TPSA) is 78.8 Å². The molecule has 0 saturated heterocycles. The van der Waals surface area contributed by atoms with Crippen LogP contribution < -0.4 is 5.32 Å². The Morgan fingerprint density at radius 3 is 2.62 bits per heavy atom. The number of rotatable bonds is 4. The number of likely N-dealkylation sites (N-methyl/N-ethyl adjacent to an activating group) is 1. The third-order valence-electron chi connectivity index (χ3n) is 4.19. The van der Waals surface area contributed by atoms with Gasteiger partial charge in [-0.1, -0.05) is 38.1 Å². The standard InChI is InChI=1S/C19H21N3O3S/c1-13(2)14-7-6-8-15(11-14)20-18(23)12-22(3)19-16-9-4-5-10-17(16)26(24,25)21-19/h4-11,13H,12H2,1-3H3,(H,20,23). The summed E-state index contributed by atoms with van der Waals surface area (Å²) in [5, 5.41) is 2.85. The summed E-state index contributed by atoms with van der Waals surface area (Å²) in [5.74, 6) is 0.411. The SMILES string of the molecule is CC(C)c1cccc(NC(=O)CN(C)C2=NS(=O)(=O)c3ccccc32)c1. The fraction of sp³-hybridized carbons (Fsp3) is 0.263. The normalized spacial score (nSPS) is 14.7. The van der Waals surface area contributed by atoms with Gasteiger partial charge in [-0.3, -0.25) is 4.79 Å². The lowest BCUT2D eigenvalue weighted by Gasteiger charge is -2.18. The highest BCUT2D eigenvalue weighted by Gasteiger charge is 2.30. The van der Waals surface area contributed by atoms with Crippen LogP contribution in [0.2, 0.25) is 0 Å². The minimum absolute atomic E-state index is 0.00536. The van der Waals surface area contributed by atoms with Crippen LogP contribution >= 0.6 is 0 Å². The van der Waals surface area contributed by atoms with E-state index in [-0.39, 0.29) is 23.2 Å². The molecule has 2 aromatic carbocycles. The number of nitrogens with one attached hydrogen (secondary N) is 1. The van der Waals surface area contributed by atoms with Gasteiger partial charge in [0, 0.05) is 18.3 Å². The Morgan fingerprint density at radius 1 is 1.15 bits per heavy atom. The average Bonchev–Trinajstić information content (AvgIpc) is 2.87. The maximum atomic E-state index is 12.4. The fourth-order valence-electron chi connectivity index (χ4n) is 2.83. The third-order valence-corrected chi connectivity index (χ3v) is 5.52. The van der Waals surface area contributed by atoms with E-state index in [0.717, 1.165) is 11.3 Å². The molecule has 0 spiro atoms. The fourth-order valence-corrected chi connectivity index (χ4v) is 4.08. The zero-order valence-corrected chi connectivity index (χ0v) is 15.7. The van der Waals surface area contributed by atoms with Crippen LogP contribution in [0, 0.1) is 0 Å². The van der Waals surface area contributed by atoms with Gasteiger partial charge in [-0.25, -0.2) is 0 Å². The number of nitrogens with zero attached hydrogens (tertiary/aromatic N) is 2. The van der Waals surface area contributed by atoms with Crippen LogP contribution in [0.25, 0.3) is 0 Å². The first-order valence-corrected chi connectivity index (χ1v) is 9.77. The van der Waals surface area contributed by atoms with Gasteiger partial charge in [-0.2, -0.15) is 8.42 Å². The Hall–Kier alpha value is -2.67. The number of amides is 1. The van der Waals surface area contributed by atoms with Crippen molar-refractivity contribution in [2.24, 2.45) is 4.40 Å². The minimum atomic E-state index is -3.70. The van der Waals surface area contributed by atoms with Gasteiger partial charge in [-0.15, -0.1) is 4.40 Å². The first-order chi connectivity index (χ1) is 12.3. The zero-order valence-electron chi connectivity index (χ0n) is 14.9. The molecule has 26 heavy (non-hydrogen) atoms. The van der Waals surface area contributed by atoms with Crippen molar-refractivity contribution in [3.63, 3.8) is 0 Å². The summed E-state index contributed by atoms with van der Waals surface area (Å²) >= 11 is 0. The van der Waals surface area contributed by atoms with Gasteiger partial charge < -0.3 is 10.2 Å². The van der Waals surface area contributed by atoms with E-state index in [2.05, 4.69) is 23.6 Å². The van der Waals surface area contributed by atoms with Gasteiger partial charge in [0.1, 0.15) is 4.90 Å². The van der Waals surface area contributed by atoms with E-state index < -0.39 is 10.0 Å². The number of hydrogen-bond acceptors (Lipinski definition) is 4. The van der Waals surface area contributed by atoms with E-state index in [0.29, 0.717) is 11.5 Å². The van der Waals surface area contributed by atoms with Gasteiger partial charge in [-0.05, 0) is 35.7 Å². The van der Waals surface area contributed by atoms with Crippen molar-refractivity contribution in [2.45, 2.75) is 24.7 Å². The average molecular weight is 371 g/mol. The van der Waals surface area contributed by atoms with E-state index >= 15 is 0 Å². The molecule has 1 heterocycles. The summed E-state index contributed by atoms with van der Waals surface area (Å²) in [6, 6.07) is 14.3. The van der Waals surface area contributed by atoms with Gasteiger partial charge in [0.05, 0.1) is 6.54 Å². The van der Waals surface area contributed by atoms with Crippen molar-refractivity contribution in [2.75, 3.05) is 18.9 Å². The molecule has 0 unspecified atom stereocenters. The molecule has 0 bridgehead atoms. The highest BCUT2D eigenvalue weighted by atomic mass is 32.2. The number of carbonyl (C=O) groups excluding carboxylic acids is 1. The summed E-state index contributed by atoms with van der Waals surface area (Å²) in [4.78, 5) is 14.1. The second-order valence-corrected chi connectivity index (χ2v) is 8.14.